The maximum atomic E-state index is 5.79. The van der Waals surface area contributed by atoms with Gasteiger partial charge in [-0.3, -0.25) is 0 Å². The van der Waals surface area contributed by atoms with E-state index in [4.69, 9.17) is 4.42 Å². The van der Waals surface area contributed by atoms with E-state index in [-0.39, 0.29) is 0 Å². The third kappa shape index (κ3) is 2.14. The molecule has 1 N–H and O–H groups in total. The van der Waals surface area contributed by atoms with E-state index in [0.717, 1.165) is 30.7 Å². The van der Waals surface area contributed by atoms with Crippen LogP contribution >= 0.6 is 0 Å². The molecule has 88 valence electrons. The Labute approximate surface area is 96.6 Å². The molecule has 2 aliphatic rings. The molecular weight excluding hydrogens is 200 g/mol. The van der Waals surface area contributed by atoms with Crippen molar-refractivity contribution < 1.29 is 4.42 Å². The standard InChI is InChI=1S/C13H20N2O/c1-13(2)7-10(13)11-8-15-12(16-11)5-6-14-9-3-4-9/h8-10,14H,3-7H2,1-2H3. The summed E-state index contributed by atoms with van der Waals surface area (Å²) in [7, 11) is 0. The summed E-state index contributed by atoms with van der Waals surface area (Å²) >= 11 is 0. The minimum absolute atomic E-state index is 0.434. The lowest BCUT2D eigenvalue weighted by Gasteiger charge is -1.99. The predicted molar refractivity (Wildman–Crippen MR) is 62.4 cm³/mol. The molecule has 0 saturated heterocycles. The van der Waals surface area contributed by atoms with E-state index in [2.05, 4.69) is 24.1 Å². The third-order valence-electron chi connectivity index (χ3n) is 3.78. The van der Waals surface area contributed by atoms with Gasteiger partial charge in [-0.05, 0) is 24.7 Å². The van der Waals surface area contributed by atoms with Gasteiger partial charge in [0.05, 0.1) is 6.20 Å². The van der Waals surface area contributed by atoms with Crippen molar-refractivity contribution in [2.24, 2.45) is 5.41 Å². The minimum atomic E-state index is 0.434. The van der Waals surface area contributed by atoms with Crippen molar-refractivity contribution in [3.05, 3.63) is 17.8 Å². The van der Waals surface area contributed by atoms with Crippen molar-refractivity contribution in [1.29, 1.82) is 0 Å². The molecule has 1 aromatic rings. The van der Waals surface area contributed by atoms with Crippen LogP contribution in [0.15, 0.2) is 10.6 Å². The van der Waals surface area contributed by atoms with E-state index in [1.807, 2.05) is 6.20 Å². The van der Waals surface area contributed by atoms with Gasteiger partial charge in [-0.1, -0.05) is 13.8 Å². The van der Waals surface area contributed by atoms with Crippen LogP contribution in [0.1, 0.15) is 50.7 Å². The van der Waals surface area contributed by atoms with Gasteiger partial charge in [-0.2, -0.15) is 0 Å². The molecule has 0 aliphatic heterocycles. The quantitative estimate of drug-likeness (QED) is 0.828. The van der Waals surface area contributed by atoms with Crippen molar-refractivity contribution in [3.8, 4) is 0 Å². The summed E-state index contributed by atoms with van der Waals surface area (Å²) in [5, 5.41) is 3.48. The second-order valence-electron chi connectivity index (χ2n) is 5.88. The highest BCUT2D eigenvalue weighted by Crippen LogP contribution is 2.58. The van der Waals surface area contributed by atoms with Crippen LogP contribution < -0.4 is 5.32 Å². The molecule has 1 atom stereocenters. The molecule has 16 heavy (non-hydrogen) atoms. The summed E-state index contributed by atoms with van der Waals surface area (Å²) < 4.78 is 5.79. The first-order chi connectivity index (χ1) is 7.65. The van der Waals surface area contributed by atoms with E-state index < -0.39 is 0 Å². The lowest BCUT2D eigenvalue weighted by atomic mass is 10.1. The number of nitrogens with one attached hydrogen (secondary N) is 1. The average Bonchev–Trinajstić information content (AvgIpc) is 3.09. The van der Waals surface area contributed by atoms with Gasteiger partial charge in [0.1, 0.15) is 5.76 Å². The van der Waals surface area contributed by atoms with E-state index in [1.165, 1.54) is 19.3 Å². The SMILES string of the molecule is CC1(C)CC1c1cnc(CCNC2CC2)o1. The summed E-state index contributed by atoms with van der Waals surface area (Å²) in [6.07, 6.45) is 6.76. The molecule has 0 radical (unpaired) electrons. The number of nitrogens with zero attached hydrogens (tertiary/aromatic N) is 1. The Balaban J connectivity index is 1.52. The van der Waals surface area contributed by atoms with E-state index in [0.29, 0.717) is 11.3 Å². The zero-order valence-corrected chi connectivity index (χ0v) is 10.1. The van der Waals surface area contributed by atoms with Crippen LogP contribution in [0.25, 0.3) is 0 Å². The number of hydrogen-bond acceptors (Lipinski definition) is 3. The molecular formula is C13H20N2O. The number of hydrogen-bond donors (Lipinski definition) is 1. The smallest absolute Gasteiger partial charge is 0.195 e. The Kier molecular flexibility index (Phi) is 2.32. The third-order valence-corrected chi connectivity index (χ3v) is 3.78. The molecule has 1 heterocycles. The van der Waals surface area contributed by atoms with E-state index >= 15 is 0 Å². The maximum Gasteiger partial charge on any atom is 0.195 e. The second-order valence-corrected chi connectivity index (χ2v) is 5.88. The maximum absolute atomic E-state index is 5.79. The van der Waals surface area contributed by atoms with Gasteiger partial charge in [-0.15, -0.1) is 0 Å². The molecule has 0 amide bonds. The van der Waals surface area contributed by atoms with Crippen LogP contribution in [-0.4, -0.2) is 17.6 Å². The van der Waals surface area contributed by atoms with Crippen molar-refractivity contribution in [2.45, 2.75) is 51.5 Å². The predicted octanol–water partition coefficient (Wildman–Crippen LogP) is 2.48. The molecule has 3 rings (SSSR count). The fourth-order valence-corrected chi connectivity index (χ4v) is 2.22. The summed E-state index contributed by atoms with van der Waals surface area (Å²) in [5.74, 6) is 2.59. The van der Waals surface area contributed by atoms with Crippen molar-refractivity contribution in [2.75, 3.05) is 6.54 Å². The largest absolute Gasteiger partial charge is 0.445 e. The average molecular weight is 220 g/mol. The van der Waals surface area contributed by atoms with Crippen LogP contribution in [0.4, 0.5) is 0 Å². The zero-order chi connectivity index (χ0) is 11.2. The van der Waals surface area contributed by atoms with Crippen LogP contribution in [0.3, 0.4) is 0 Å². The fourth-order valence-electron chi connectivity index (χ4n) is 2.22. The first kappa shape index (κ1) is 10.3. The lowest BCUT2D eigenvalue weighted by Crippen LogP contribution is -2.19. The van der Waals surface area contributed by atoms with Gasteiger partial charge in [0.2, 0.25) is 0 Å². The summed E-state index contributed by atoms with van der Waals surface area (Å²) in [6.45, 7) is 5.57. The van der Waals surface area contributed by atoms with Crippen LogP contribution in [0.2, 0.25) is 0 Å². The first-order valence-corrected chi connectivity index (χ1v) is 6.33. The Morgan fingerprint density at radius 1 is 1.50 bits per heavy atom. The highest BCUT2D eigenvalue weighted by molar-refractivity contribution is 5.17. The Morgan fingerprint density at radius 3 is 2.88 bits per heavy atom. The van der Waals surface area contributed by atoms with Gasteiger partial charge >= 0.3 is 0 Å². The first-order valence-electron chi connectivity index (χ1n) is 6.33. The topological polar surface area (TPSA) is 38.1 Å². The lowest BCUT2D eigenvalue weighted by molar-refractivity contribution is 0.434. The van der Waals surface area contributed by atoms with Crippen LogP contribution in [0, 0.1) is 5.41 Å². The molecule has 2 saturated carbocycles. The van der Waals surface area contributed by atoms with Gasteiger partial charge in [0, 0.05) is 24.9 Å². The van der Waals surface area contributed by atoms with Crippen molar-refractivity contribution in [3.63, 3.8) is 0 Å². The second kappa shape index (κ2) is 3.59. The van der Waals surface area contributed by atoms with Gasteiger partial charge in [0.15, 0.2) is 5.89 Å². The monoisotopic (exact) mass is 220 g/mol. The van der Waals surface area contributed by atoms with Gasteiger partial charge in [-0.25, -0.2) is 4.98 Å². The number of oxazole rings is 1. The van der Waals surface area contributed by atoms with Crippen molar-refractivity contribution in [1.82, 2.24) is 10.3 Å². The zero-order valence-electron chi connectivity index (χ0n) is 10.1. The molecule has 2 aliphatic carbocycles. The highest BCUT2D eigenvalue weighted by atomic mass is 16.4. The molecule has 0 aromatic carbocycles. The van der Waals surface area contributed by atoms with Crippen LogP contribution in [-0.2, 0) is 6.42 Å². The molecule has 0 bridgehead atoms. The van der Waals surface area contributed by atoms with E-state index in [1.54, 1.807) is 0 Å². The van der Waals surface area contributed by atoms with Gasteiger partial charge < -0.3 is 9.73 Å². The Bertz CT molecular complexity index is 379. The molecule has 3 heteroatoms. The Hall–Kier alpha value is -0.830. The fraction of sp³-hybridized carbons (Fsp3) is 0.769. The normalized spacial score (nSPS) is 27.0. The number of rotatable bonds is 5. The highest BCUT2D eigenvalue weighted by Gasteiger charge is 2.48. The Morgan fingerprint density at radius 2 is 2.25 bits per heavy atom. The molecule has 0 spiro atoms. The molecule has 1 unspecified atom stereocenters. The summed E-state index contributed by atoms with van der Waals surface area (Å²) in [6, 6.07) is 0.775. The molecule has 3 nitrogen and oxygen atoms in total. The molecule has 1 aromatic heterocycles. The summed E-state index contributed by atoms with van der Waals surface area (Å²) in [5.41, 5.74) is 0.434. The van der Waals surface area contributed by atoms with Crippen molar-refractivity contribution >= 4 is 0 Å². The van der Waals surface area contributed by atoms with Crippen LogP contribution in [0.5, 0.6) is 0 Å². The molecule has 2 fully saturated rings. The summed E-state index contributed by atoms with van der Waals surface area (Å²) in [4.78, 5) is 4.35. The number of aromatic nitrogens is 1. The minimum Gasteiger partial charge on any atom is -0.445 e. The van der Waals surface area contributed by atoms with E-state index in [9.17, 15) is 0 Å². The van der Waals surface area contributed by atoms with Gasteiger partial charge in [0.25, 0.3) is 0 Å².